The first kappa shape index (κ1) is 27.2. The van der Waals surface area contributed by atoms with Crippen molar-refractivity contribution in [2.24, 2.45) is 5.10 Å². The number of aromatic nitrogens is 3. The maximum Gasteiger partial charge on any atom is 0.250 e. The number of nitrogens with zero attached hydrogens (tertiary/aromatic N) is 4. The van der Waals surface area contributed by atoms with Gasteiger partial charge in [-0.25, -0.2) is 5.43 Å². The van der Waals surface area contributed by atoms with Gasteiger partial charge in [-0.3, -0.25) is 9.36 Å². The van der Waals surface area contributed by atoms with Gasteiger partial charge in [-0.15, -0.1) is 10.2 Å². The molecule has 9 heteroatoms. The standard InChI is InChI=1S/C31H26ClN5O2S/c1-21(22-8-10-24(11-9-22)23-6-4-3-5-7-23)33-34-29(38)20-40-31-36-35-30(25-12-18-28(39-2)19-13-25)37(31)27-16-14-26(32)15-17-27/h3-19H,20H2,1-2H3,(H,34,38). The van der Waals surface area contributed by atoms with E-state index < -0.39 is 0 Å². The molecular weight excluding hydrogens is 542 g/mol. The molecule has 0 fully saturated rings. The van der Waals surface area contributed by atoms with Crippen LogP contribution < -0.4 is 10.2 Å². The highest BCUT2D eigenvalue weighted by atomic mass is 35.5. The number of hydrogen-bond acceptors (Lipinski definition) is 6. The first-order valence-electron chi connectivity index (χ1n) is 12.5. The molecule has 5 aromatic rings. The molecule has 1 aromatic heterocycles. The molecule has 0 aliphatic heterocycles. The Kier molecular flexibility index (Phi) is 8.59. The molecule has 0 atom stereocenters. The Balaban J connectivity index is 1.28. The van der Waals surface area contributed by atoms with Gasteiger partial charge in [0.15, 0.2) is 11.0 Å². The van der Waals surface area contributed by atoms with E-state index in [1.165, 1.54) is 11.8 Å². The molecule has 0 saturated carbocycles. The number of carbonyl (C=O) groups excluding carboxylic acids is 1. The van der Waals surface area contributed by atoms with E-state index in [1.807, 2.05) is 90.4 Å². The van der Waals surface area contributed by atoms with Gasteiger partial charge >= 0.3 is 0 Å². The van der Waals surface area contributed by atoms with Gasteiger partial charge in [0.1, 0.15) is 5.75 Å². The van der Waals surface area contributed by atoms with Crippen molar-refractivity contribution in [2.45, 2.75) is 12.1 Å². The lowest BCUT2D eigenvalue weighted by Crippen LogP contribution is -2.21. The predicted octanol–water partition coefficient (Wildman–Crippen LogP) is 6.90. The molecule has 1 amide bonds. The monoisotopic (exact) mass is 567 g/mol. The molecule has 1 heterocycles. The zero-order valence-electron chi connectivity index (χ0n) is 21.9. The summed E-state index contributed by atoms with van der Waals surface area (Å²) in [5, 5.41) is 14.3. The summed E-state index contributed by atoms with van der Waals surface area (Å²) >= 11 is 7.40. The molecule has 0 aliphatic carbocycles. The molecule has 1 N–H and O–H groups in total. The number of hydrogen-bond donors (Lipinski definition) is 1. The normalized spacial score (nSPS) is 11.3. The van der Waals surface area contributed by atoms with E-state index in [1.54, 1.807) is 19.2 Å². The van der Waals surface area contributed by atoms with Crippen LogP contribution in [0.1, 0.15) is 12.5 Å². The zero-order chi connectivity index (χ0) is 27.9. The molecule has 0 radical (unpaired) electrons. The van der Waals surface area contributed by atoms with Crippen molar-refractivity contribution in [3.8, 4) is 34.0 Å². The largest absolute Gasteiger partial charge is 0.497 e. The Hall–Kier alpha value is -4.40. The summed E-state index contributed by atoms with van der Waals surface area (Å²) in [5.41, 5.74) is 8.26. The fourth-order valence-corrected chi connectivity index (χ4v) is 4.89. The Morgan fingerprint density at radius 2 is 1.52 bits per heavy atom. The number of methoxy groups -OCH3 is 1. The van der Waals surface area contributed by atoms with Crippen LogP contribution in [0.3, 0.4) is 0 Å². The second-order valence-corrected chi connectivity index (χ2v) is 10.2. The molecule has 0 unspecified atom stereocenters. The quantitative estimate of drug-likeness (QED) is 0.119. The third-order valence-electron chi connectivity index (χ3n) is 6.16. The van der Waals surface area contributed by atoms with Crippen molar-refractivity contribution in [1.29, 1.82) is 0 Å². The van der Waals surface area contributed by atoms with Crippen LogP contribution in [-0.2, 0) is 4.79 Å². The highest BCUT2D eigenvalue weighted by Crippen LogP contribution is 2.29. The third-order valence-corrected chi connectivity index (χ3v) is 7.34. The van der Waals surface area contributed by atoms with Gasteiger partial charge in [0, 0.05) is 16.3 Å². The number of ether oxygens (including phenoxy) is 1. The average molecular weight is 568 g/mol. The van der Waals surface area contributed by atoms with Crippen molar-refractivity contribution in [2.75, 3.05) is 12.9 Å². The smallest absolute Gasteiger partial charge is 0.250 e. The summed E-state index contributed by atoms with van der Waals surface area (Å²) in [5.74, 6) is 1.25. The number of nitrogens with one attached hydrogen (secondary N) is 1. The summed E-state index contributed by atoms with van der Waals surface area (Å²) in [6.45, 7) is 1.86. The molecule has 40 heavy (non-hydrogen) atoms. The molecular formula is C31H26ClN5O2S. The van der Waals surface area contributed by atoms with Crippen molar-refractivity contribution in [1.82, 2.24) is 20.2 Å². The van der Waals surface area contributed by atoms with Crippen LogP contribution in [0.2, 0.25) is 5.02 Å². The van der Waals surface area contributed by atoms with Gasteiger partial charge in [0.05, 0.1) is 18.6 Å². The van der Waals surface area contributed by atoms with E-state index in [-0.39, 0.29) is 11.7 Å². The second-order valence-electron chi connectivity index (χ2n) is 8.81. The van der Waals surface area contributed by atoms with E-state index in [0.717, 1.165) is 33.7 Å². The Labute approximate surface area is 241 Å². The van der Waals surface area contributed by atoms with E-state index >= 15 is 0 Å². The SMILES string of the molecule is COc1ccc(-c2nnc(SCC(=O)NN=C(C)c3ccc(-c4ccccc4)cc3)n2-c2ccc(Cl)cc2)cc1. The van der Waals surface area contributed by atoms with Gasteiger partial charge in [0.25, 0.3) is 5.91 Å². The first-order chi connectivity index (χ1) is 19.5. The fraction of sp³-hybridized carbons (Fsp3) is 0.0968. The summed E-state index contributed by atoms with van der Waals surface area (Å²) < 4.78 is 7.18. The number of halogens is 1. The van der Waals surface area contributed by atoms with Crippen molar-refractivity contribution < 1.29 is 9.53 Å². The van der Waals surface area contributed by atoms with Gasteiger partial charge < -0.3 is 4.74 Å². The highest BCUT2D eigenvalue weighted by molar-refractivity contribution is 7.99. The maximum atomic E-state index is 12.7. The Morgan fingerprint density at radius 1 is 0.875 bits per heavy atom. The minimum Gasteiger partial charge on any atom is -0.497 e. The Bertz CT molecular complexity index is 1620. The highest BCUT2D eigenvalue weighted by Gasteiger charge is 2.17. The number of rotatable bonds is 9. The Morgan fingerprint density at radius 3 is 2.20 bits per heavy atom. The van der Waals surface area contributed by atoms with Gasteiger partial charge in [-0.1, -0.05) is 78.0 Å². The number of carbonyl (C=O) groups is 1. The van der Waals surface area contributed by atoms with Crippen molar-refractivity contribution in [3.05, 3.63) is 114 Å². The van der Waals surface area contributed by atoms with E-state index in [9.17, 15) is 4.79 Å². The lowest BCUT2D eigenvalue weighted by molar-refractivity contribution is -0.118. The number of amides is 1. The molecule has 0 aliphatic rings. The maximum absolute atomic E-state index is 12.7. The first-order valence-corrected chi connectivity index (χ1v) is 13.9. The van der Waals surface area contributed by atoms with E-state index in [4.69, 9.17) is 16.3 Å². The molecule has 0 spiro atoms. The number of hydrazone groups is 1. The second kappa shape index (κ2) is 12.6. The molecule has 200 valence electrons. The summed E-state index contributed by atoms with van der Waals surface area (Å²) in [4.78, 5) is 12.7. The molecule has 0 saturated heterocycles. The van der Waals surface area contributed by atoms with Gasteiger partial charge in [-0.05, 0) is 72.1 Å². The molecule has 7 nitrogen and oxygen atoms in total. The summed E-state index contributed by atoms with van der Waals surface area (Å²) in [7, 11) is 1.62. The zero-order valence-corrected chi connectivity index (χ0v) is 23.5. The van der Waals surface area contributed by atoms with Crippen LogP contribution in [0.5, 0.6) is 5.75 Å². The van der Waals surface area contributed by atoms with Crippen molar-refractivity contribution >= 4 is 35.0 Å². The van der Waals surface area contributed by atoms with Crippen LogP contribution in [0.4, 0.5) is 0 Å². The lowest BCUT2D eigenvalue weighted by Gasteiger charge is -2.11. The molecule has 5 rings (SSSR count). The van der Waals surface area contributed by atoms with Crippen LogP contribution >= 0.6 is 23.4 Å². The van der Waals surface area contributed by atoms with Crippen LogP contribution in [0, 0.1) is 0 Å². The average Bonchev–Trinajstić information content (AvgIpc) is 3.43. The number of benzene rings is 4. The molecule has 0 bridgehead atoms. The minimum absolute atomic E-state index is 0.109. The van der Waals surface area contributed by atoms with Crippen LogP contribution in [-0.4, -0.2) is 39.2 Å². The fourth-order valence-electron chi connectivity index (χ4n) is 4.02. The predicted molar refractivity (Wildman–Crippen MR) is 161 cm³/mol. The van der Waals surface area contributed by atoms with E-state index in [2.05, 4.69) is 32.9 Å². The molecule has 4 aromatic carbocycles. The third kappa shape index (κ3) is 6.42. The number of thioether (sulfide) groups is 1. The van der Waals surface area contributed by atoms with Gasteiger partial charge in [0.2, 0.25) is 0 Å². The lowest BCUT2D eigenvalue weighted by atomic mass is 10.0. The summed E-state index contributed by atoms with van der Waals surface area (Å²) in [6.07, 6.45) is 0. The van der Waals surface area contributed by atoms with Crippen LogP contribution in [0.25, 0.3) is 28.2 Å². The van der Waals surface area contributed by atoms with Crippen molar-refractivity contribution in [3.63, 3.8) is 0 Å². The van der Waals surface area contributed by atoms with Crippen LogP contribution in [0.15, 0.2) is 113 Å². The summed E-state index contributed by atoms with van der Waals surface area (Å²) in [6, 6.07) is 33.2. The van der Waals surface area contributed by atoms with Gasteiger partial charge in [-0.2, -0.15) is 5.10 Å². The van der Waals surface area contributed by atoms with E-state index in [0.29, 0.717) is 21.7 Å². The minimum atomic E-state index is -0.248. The topological polar surface area (TPSA) is 81.4 Å².